The average Bonchev–Trinajstić information content (AvgIpc) is 2.20. The van der Waals surface area contributed by atoms with Crippen LogP contribution in [0.25, 0.3) is 0 Å². The molecule has 0 rings (SSSR count). The van der Waals surface area contributed by atoms with Crippen molar-refractivity contribution in [1.82, 2.24) is 10.6 Å². The topological polar surface area (TPSA) is 122 Å². The van der Waals surface area contributed by atoms with Gasteiger partial charge < -0.3 is 21.5 Å². The minimum absolute atomic E-state index is 0.0652. The Labute approximate surface area is 93.4 Å². The molecule has 3 amide bonds. The van der Waals surface area contributed by atoms with E-state index in [1.807, 2.05) is 6.92 Å². The molecule has 7 nitrogen and oxygen atoms in total. The van der Waals surface area contributed by atoms with Crippen molar-refractivity contribution in [2.75, 3.05) is 13.1 Å². The number of primary amides is 1. The molecule has 5 N–H and O–H groups in total. The van der Waals surface area contributed by atoms with Crippen molar-refractivity contribution in [3.8, 4) is 0 Å². The summed E-state index contributed by atoms with van der Waals surface area (Å²) in [7, 11) is 0. The monoisotopic (exact) mass is 231 g/mol. The van der Waals surface area contributed by atoms with Gasteiger partial charge in [0.05, 0.1) is 6.54 Å². The Morgan fingerprint density at radius 2 is 1.94 bits per heavy atom. The smallest absolute Gasteiger partial charge is 0.315 e. The molecule has 0 saturated carbocycles. The van der Waals surface area contributed by atoms with E-state index in [9.17, 15) is 14.4 Å². The number of aliphatic carboxylic acids is 1. The summed E-state index contributed by atoms with van der Waals surface area (Å²) in [5.41, 5.74) is 4.83. The van der Waals surface area contributed by atoms with Crippen LogP contribution in [0.15, 0.2) is 0 Å². The molecule has 0 aliphatic rings. The van der Waals surface area contributed by atoms with Crippen LogP contribution in [0.5, 0.6) is 0 Å². The predicted octanol–water partition coefficient (Wildman–Crippen LogP) is -0.728. The van der Waals surface area contributed by atoms with E-state index in [1.54, 1.807) is 0 Å². The van der Waals surface area contributed by atoms with E-state index in [1.165, 1.54) is 0 Å². The molecule has 0 radical (unpaired) electrons. The minimum Gasteiger partial charge on any atom is -0.481 e. The zero-order chi connectivity index (χ0) is 12.6. The molecule has 0 heterocycles. The second-order valence-corrected chi connectivity index (χ2v) is 3.57. The first kappa shape index (κ1) is 14.2. The van der Waals surface area contributed by atoms with Crippen LogP contribution in [0.1, 0.15) is 19.8 Å². The summed E-state index contributed by atoms with van der Waals surface area (Å²) in [6.07, 6.45) is 0.567. The lowest BCUT2D eigenvalue weighted by Gasteiger charge is -2.11. The number of urea groups is 1. The lowest BCUT2D eigenvalue weighted by molar-refractivity contribution is -0.137. The summed E-state index contributed by atoms with van der Waals surface area (Å²) < 4.78 is 0. The molecule has 0 fully saturated rings. The Morgan fingerprint density at radius 1 is 1.31 bits per heavy atom. The lowest BCUT2D eigenvalue weighted by atomic mass is 10.1. The SMILES string of the molecule is CC(CCC(=O)O)CNC(=O)NCC(N)=O. The van der Waals surface area contributed by atoms with Gasteiger partial charge in [0.25, 0.3) is 0 Å². The molecule has 0 aliphatic heterocycles. The number of hydrogen-bond donors (Lipinski definition) is 4. The number of amides is 3. The molecule has 1 unspecified atom stereocenters. The Kier molecular flexibility index (Phi) is 6.66. The van der Waals surface area contributed by atoms with Crippen LogP contribution in [0.4, 0.5) is 4.79 Å². The standard InChI is InChI=1S/C9H17N3O4/c1-6(2-3-8(14)15)4-11-9(16)12-5-7(10)13/h6H,2-5H2,1H3,(H2,10,13)(H,14,15)(H2,11,12,16). The number of carbonyl (C=O) groups is 3. The highest BCUT2D eigenvalue weighted by Crippen LogP contribution is 2.03. The van der Waals surface area contributed by atoms with E-state index in [4.69, 9.17) is 10.8 Å². The van der Waals surface area contributed by atoms with Crippen LogP contribution in [-0.2, 0) is 9.59 Å². The van der Waals surface area contributed by atoms with Crippen molar-refractivity contribution >= 4 is 17.9 Å². The first-order chi connectivity index (χ1) is 7.41. The number of hydrogen-bond acceptors (Lipinski definition) is 3. The highest BCUT2D eigenvalue weighted by molar-refractivity contribution is 5.82. The van der Waals surface area contributed by atoms with Gasteiger partial charge in [-0.2, -0.15) is 0 Å². The normalized spacial score (nSPS) is 11.6. The molecule has 1 atom stereocenters. The summed E-state index contributed by atoms with van der Waals surface area (Å²) in [4.78, 5) is 31.6. The lowest BCUT2D eigenvalue weighted by Crippen LogP contribution is -2.41. The highest BCUT2D eigenvalue weighted by Gasteiger charge is 2.07. The van der Waals surface area contributed by atoms with Crippen LogP contribution in [0.3, 0.4) is 0 Å². The van der Waals surface area contributed by atoms with Crippen molar-refractivity contribution in [1.29, 1.82) is 0 Å². The molecule has 7 heteroatoms. The van der Waals surface area contributed by atoms with Gasteiger partial charge in [0.15, 0.2) is 0 Å². The van der Waals surface area contributed by atoms with E-state index in [-0.39, 0.29) is 18.9 Å². The van der Waals surface area contributed by atoms with Crippen LogP contribution in [-0.4, -0.2) is 36.1 Å². The quantitative estimate of drug-likeness (QED) is 0.461. The summed E-state index contributed by atoms with van der Waals surface area (Å²) in [6, 6.07) is -0.485. The Bertz CT molecular complexity index is 267. The fraction of sp³-hybridized carbons (Fsp3) is 0.667. The van der Waals surface area contributed by atoms with Crippen LogP contribution in [0, 0.1) is 5.92 Å². The van der Waals surface area contributed by atoms with E-state index in [0.717, 1.165) is 0 Å². The number of carbonyl (C=O) groups excluding carboxylic acids is 2. The molecule has 92 valence electrons. The highest BCUT2D eigenvalue weighted by atomic mass is 16.4. The zero-order valence-electron chi connectivity index (χ0n) is 9.16. The number of rotatable bonds is 7. The van der Waals surface area contributed by atoms with Gasteiger partial charge in [-0.15, -0.1) is 0 Å². The van der Waals surface area contributed by atoms with Crippen molar-refractivity contribution in [3.63, 3.8) is 0 Å². The van der Waals surface area contributed by atoms with Gasteiger partial charge in [0, 0.05) is 13.0 Å². The maximum atomic E-state index is 11.0. The molecule has 0 saturated heterocycles. The molecular weight excluding hydrogens is 214 g/mol. The van der Waals surface area contributed by atoms with Crippen molar-refractivity contribution in [2.45, 2.75) is 19.8 Å². The van der Waals surface area contributed by atoms with Gasteiger partial charge in [-0.1, -0.05) is 6.92 Å². The Morgan fingerprint density at radius 3 is 2.44 bits per heavy atom. The maximum absolute atomic E-state index is 11.0. The van der Waals surface area contributed by atoms with E-state index in [2.05, 4.69) is 10.6 Å². The average molecular weight is 231 g/mol. The third kappa shape index (κ3) is 8.79. The summed E-state index contributed by atoms with van der Waals surface area (Å²) >= 11 is 0. The zero-order valence-corrected chi connectivity index (χ0v) is 9.16. The molecule has 0 aromatic carbocycles. The summed E-state index contributed by atoms with van der Waals surface area (Å²) in [6.45, 7) is 1.98. The van der Waals surface area contributed by atoms with E-state index in [0.29, 0.717) is 13.0 Å². The first-order valence-electron chi connectivity index (χ1n) is 4.93. The fourth-order valence-electron chi connectivity index (χ4n) is 0.969. The van der Waals surface area contributed by atoms with Crippen molar-refractivity contribution < 1.29 is 19.5 Å². The van der Waals surface area contributed by atoms with Crippen LogP contribution < -0.4 is 16.4 Å². The second kappa shape index (κ2) is 7.49. The van der Waals surface area contributed by atoms with Crippen LogP contribution >= 0.6 is 0 Å². The van der Waals surface area contributed by atoms with Gasteiger partial charge in [0.2, 0.25) is 5.91 Å². The predicted molar refractivity (Wildman–Crippen MR) is 56.6 cm³/mol. The van der Waals surface area contributed by atoms with Gasteiger partial charge in [-0.3, -0.25) is 9.59 Å². The Hall–Kier alpha value is -1.79. The molecular formula is C9H17N3O4. The fourth-order valence-corrected chi connectivity index (χ4v) is 0.969. The molecule has 0 spiro atoms. The summed E-state index contributed by atoms with van der Waals surface area (Å²) in [5, 5.41) is 13.2. The molecule has 16 heavy (non-hydrogen) atoms. The van der Waals surface area contributed by atoms with E-state index >= 15 is 0 Å². The maximum Gasteiger partial charge on any atom is 0.315 e. The third-order valence-corrected chi connectivity index (χ3v) is 1.89. The molecule has 0 aromatic heterocycles. The number of nitrogens with two attached hydrogens (primary N) is 1. The van der Waals surface area contributed by atoms with Gasteiger partial charge in [-0.25, -0.2) is 4.79 Å². The van der Waals surface area contributed by atoms with Gasteiger partial charge >= 0.3 is 12.0 Å². The first-order valence-corrected chi connectivity index (χ1v) is 4.93. The number of carboxylic acids is 1. The van der Waals surface area contributed by atoms with Crippen molar-refractivity contribution in [3.05, 3.63) is 0 Å². The van der Waals surface area contributed by atoms with E-state index < -0.39 is 17.9 Å². The largest absolute Gasteiger partial charge is 0.481 e. The van der Waals surface area contributed by atoms with Crippen LogP contribution in [0.2, 0.25) is 0 Å². The Balaban J connectivity index is 3.58. The van der Waals surface area contributed by atoms with Crippen molar-refractivity contribution in [2.24, 2.45) is 11.7 Å². The molecule has 0 bridgehead atoms. The molecule has 0 aliphatic carbocycles. The molecule has 0 aromatic rings. The summed E-state index contributed by atoms with van der Waals surface area (Å²) in [5.74, 6) is -1.41. The second-order valence-electron chi connectivity index (χ2n) is 3.57. The number of carboxylic acid groups (broad SMARTS) is 1. The van der Waals surface area contributed by atoms with Gasteiger partial charge in [0.1, 0.15) is 0 Å². The third-order valence-electron chi connectivity index (χ3n) is 1.89. The number of nitrogens with one attached hydrogen (secondary N) is 2. The minimum atomic E-state index is -0.856. The van der Waals surface area contributed by atoms with Gasteiger partial charge in [-0.05, 0) is 12.3 Å².